The normalized spacial score (nSPS) is 12.1. The van der Waals surface area contributed by atoms with Crippen LogP contribution >= 0.6 is 0 Å². The molecule has 0 bridgehead atoms. The Kier molecular flexibility index (Phi) is 36.0. The van der Waals surface area contributed by atoms with E-state index in [1.54, 1.807) is 0 Å². The van der Waals surface area contributed by atoms with Crippen LogP contribution in [-0.4, -0.2) is 13.2 Å². The summed E-state index contributed by atoms with van der Waals surface area (Å²) in [5.41, 5.74) is 0. The summed E-state index contributed by atoms with van der Waals surface area (Å²) in [6.45, 7) is 8.92. The standard InChI is InChI=1S/C39H76O/c1-4-5-6-7-8-9-10-11-12-16-19-22-25-28-31-34-37-40-38-35-32-29-26-23-20-17-14-13-15-18-21-24-27-30-33-36-39(2)3/h11-14,39H,4-10,15-38H2,1-3H3/b12-11-,14-13-. The average molecular weight is 561 g/mol. The van der Waals surface area contributed by atoms with Gasteiger partial charge in [0, 0.05) is 13.2 Å². The first kappa shape index (κ1) is 39.4. The highest BCUT2D eigenvalue weighted by Gasteiger charge is 1.96. The molecular weight excluding hydrogens is 484 g/mol. The summed E-state index contributed by atoms with van der Waals surface area (Å²) in [5, 5.41) is 0. The lowest BCUT2D eigenvalue weighted by Gasteiger charge is -2.05. The summed E-state index contributed by atoms with van der Waals surface area (Å²) < 4.78 is 5.87. The van der Waals surface area contributed by atoms with Crippen LogP contribution in [0.15, 0.2) is 24.3 Å². The minimum Gasteiger partial charge on any atom is -0.381 e. The number of rotatable bonds is 34. The van der Waals surface area contributed by atoms with E-state index >= 15 is 0 Å². The van der Waals surface area contributed by atoms with Gasteiger partial charge in [-0.2, -0.15) is 0 Å². The van der Waals surface area contributed by atoms with Crippen LogP contribution in [0, 0.1) is 5.92 Å². The molecule has 0 radical (unpaired) electrons. The summed E-state index contributed by atoms with van der Waals surface area (Å²) >= 11 is 0. The molecule has 1 nitrogen and oxygen atoms in total. The van der Waals surface area contributed by atoms with Gasteiger partial charge in [0.25, 0.3) is 0 Å². The zero-order valence-electron chi connectivity index (χ0n) is 28.2. The van der Waals surface area contributed by atoms with Crippen molar-refractivity contribution < 1.29 is 4.74 Å². The first-order chi connectivity index (χ1) is 19.8. The molecule has 0 aromatic carbocycles. The van der Waals surface area contributed by atoms with Crippen molar-refractivity contribution in [3.05, 3.63) is 24.3 Å². The second-order valence-corrected chi connectivity index (χ2v) is 13.0. The maximum absolute atomic E-state index is 5.87. The first-order valence-corrected chi connectivity index (χ1v) is 18.6. The number of hydrogen-bond acceptors (Lipinski definition) is 1. The molecule has 0 saturated heterocycles. The van der Waals surface area contributed by atoms with Crippen molar-refractivity contribution in [1.82, 2.24) is 0 Å². The van der Waals surface area contributed by atoms with Crippen LogP contribution in [0.1, 0.15) is 207 Å². The number of ether oxygens (including phenoxy) is 1. The first-order valence-electron chi connectivity index (χ1n) is 18.6. The quantitative estimate of drug-likeness (QED) is 0.0561. The van der Waals surface area contributed by atoms with E-state index in [-0.39, 0.29) is 0 Å². The number of unbranched alkanes of at least 4 members (excludes halogenated alkanes) is 24. The van der Waals surface area contributed by atoms with Crippen molar-refractivity contribution in [3.63, 3.8) is 0 Å². The van der Waals surface area contributed by atoms with Crippen LogP contribution in [0.3, 0.4) is 0 Å². The van der Waals surface area contributed by atoms with Gasteiger partial charge >= 0.3 is 0 Å². The Balaban J connectivity index is 3.11. The van der Waals surface area contributed by atoms with Gasteiger partial charge < -0.3 is 4.74 Å². The maximum atomic E-state index is 5.87. The lowest BCUT2D eigenvalue weighted by molar-refractivity contribution is 0.125. The topological polar surface area (TPSA) is 9.23 Å². The molecule has 0 N–H and O–H groups in total. The van der Waals surface area contributed by atoms with E-state index in [4.69, 9.17) is 4.74 Å². The summed E-state index contributed by atoms with van der Waals surface area (Å²) in [7, 11) is 0. The molecule has 0 aliphatic rings. The van der Waals surface area contributed by atoms with Crippen LogP contribution in [0.5, 0.6) is 0 Å². The highest BCUT2D eigenvalue weighted by Crippen LogP contribution is 2.13. The van der Waals surface area contributed by atoms with E-state index in [0.717, 1.165) is 19.1 Å². The molecule has 0 aliphatic carbocycles. The van der Waals surface area contributed by atoms with Gasteiger partial charge in [-0.15, -0.1) is 0 Å². The lowest BCUT2D eigenvalue weighted by atomic mass is 10.0. The molecule has 0 heterocycles. The SMILES string of the molecule is CCCCCCCC/C=C\CCCCCCCCOCCCCCCCC/C=C\CCCCCCCCC(C)C. The van der Waals surface area contributed by atoms with Crippen molar-refractivity contribution in [2.45, 2.75) is 207 Å². The van der Waals surface area contributed by atoms with Crippen LogP contribution < -0.4 is 0 Å². The molecule has 0 aromatic rings. The summed E-state index contributed by atoms with van der Waals surface area (Å²) in [6, 6.07) is 0. The van der Waals surface area contributed by atoms with Crippen LogP contribution in [0.25, 0.3) is 0 Å². The van der Waals surface area contributed by atoms with Gasteiger partial charge in [-0.1, -0.05) is 167 Å². The Morgan fingerprint density at radius 3 is 1.02 bits per heavy atom. The van der Waals surface area contributed by atoms with Gasteiger partial charge in [-0.05, 0) is 70.1 Å². The van der Waals surface area contributed by atoms with E-state index in [2.05, 4.69) is 45.1 Å². The zero-order valence-corrected chi connectivity index (χ0v) is 28.2. The molecule has 0 saturated carbocycles. The third-order valence-electron chi connectivity index (χ3n) is 8.28. The van der Waals surface area contributed by atoms with Crippen LogP contribution in [-0.2, 0) is 4.74 Å². The summed E-state index contributed by atoms with van der Waals surface area (Å²) in [4.78, 5) is 0. The van der Waals surface area contributed by atoms with Gasteiger partial charge in [0.2, 0.25) is 0 Å². The Morgan fingerprint density at radius 1 is 0.375 bits per heavy atom. The van der Waals surface area contributed by atoms with Crippen LogP contribution in [0.2, 0.25) is 0 Å². The molecular formula is C39H76O. The Bertz CT molecular complexity index is 491. The smallest absolute Gasteiger partial charge is 0.0466 e. The third kappa shape index (κ3) is 37.4. The fourth-order valence-corrected chi connectivity index (χ4v) is 5.48. The molecule has 238 valence electrons. The average Bonchev–Trinajstić information content (AvgIpc) is 2.95. The fourth-order valence-electron chi connectivity index (χ4n) is 5.48. The van der Waals surface area contributed by atoms with E-state index in [0.29, 0.717) is 0 Å². The lowest BCUT2D eigenvalue weighted by Crippen LogP contribution is -1.97. The predicted molar refractivity (Wildman–Crippen MR) is 184 cm³/mol. The van der Waals surface area contributed by atoms with Gasteiger partial charge in [0.15, 0.2) is 0 Å². The second kappa shape index (κ2) is 36.5. The van der Waals surface area contributed by atoms with Gasteiger partial charge in [-0.3, -0.25) is 0 Å². The number of allylic oxidation sites excluding steroid dienone is 4. The van der Waals surface area contributed by atoms with Gasteiger partial charge in [-0.25, -0.2) is 0 Å². The Hall–Kier alpha value is -0.560. The monoisotopic (exact) mass is 561 g/mol. The van der Waals surface area contributed by atoms with Crippen molar-refractivity contribution >= 4 is 0 Å². The predicted octanol–water partition coefficient (Wildman–Crippen LogP) is 14.1. The van der Waals surface area contributed by atoms with Crippen LogP contribution in [0.4, 0.5) is 0 Å². The van der Waals surface area contributed by atoms with E-state index in [1.807, 2.05) is 0 Å². The Morgan fingerprint density at radius 2 is 0.675 bits per heavy atom. The molecule has 0 spiro atoms. The molecule has 0 atom stereocenters. The van der Waals surface area contributed by atoms with Crippen molar-refractivity contribution in [2.24, 2.45) is 5.92 Å². The highest BCUT2D eigenvalue weighted by atomic mass is 16.5. The fraction of sp³-hybridized carbons (Fsp3) is 0.897. The van der Waals surface area contributed by atoms with Gasteiger partial charge in [0.05, 0.1) is 0 Å². The molecule has 0 aliphatic heterocycles. The highest BCUT2D eigenvalue weighted by molar-refractivity contribution is 4.82. The minimum absolute atomic E-state index is 0.881. The minimum atomic E-state index is 0.881. The summed E-state index contributed by atoms with van der Waals surface area (Å²) in [5.74, 6) is 0.881. The zero-order chi connectivity index (χ0) is 29.0. The number of hydrogen-bond donors (Lipinski definition) is 0. The second-order valence-electron chi connectivity index (χ2n) is 13.0. The molecule has 0 rings (SSSR count). The van der Waals surface area contributed by atoms with E-state index < -0.39 is 0 Å². The molecule has 0 fully saturated rings. The summed E-state index contributed by atoms with van der Waals surface area (Å²) in [6.07, 6.45) is 49.7. The maximum Gasteiger partial charge on any atom is 0.0466 e. The van der Waals surface area contributed by atoms with E-state index in [1.165, 1.54) is 186 Å². The van der Waals surface area contributed by atoms with Crippen molar-refractivity contribution in [1.29, 1.82) is 0 Å². The molecule has 1 heteroatoms. The molecule has 0 unspecified atom stereocenters. The molecule has 0 aromatic heterocycles. The molecule has 0 amide bonds. The van der Waals surface area contributed by atoms with E-state index in [9.17, 15) is 0 Å². The van der Waals surface area contributed by atoms with Crippen molar-refractivity contribution in [3.8, 4) is 0 Å². The molecule has 40 heavy (non-hydrogen) atoms. The van der Waals surface area contributed by atoms with Crippen molar-refractivity contribution in [2.75, 3.05) is 13.2 Å². The Labute approximate surface area is 254 Å². The van der Waals surface area contributed by atoms with Gasteiger partial charge in [0.1, 0.15) is 0 Å². The largest absolute Gasteiger partial charge is 0.381 e. The third-order valence-corrected chi connectivity index (χ3v) is 8.28.